The summed E-state index contributed by atoms with van der Waals surface area (Å²) in [5.74, 6) is 0. The van der Waals surface area contributed by atoms with E-state index in [0.717, 1.165) is 41.1 Å². The van der Waals surface area contributed by atoms with Crippen LogP contribution in [0.4, 0.5) is 25.2 Å². The summed E-state index contributed by atoms with van der Waals surface area (Å²) in [5, 5.41) is 2.31. The normalized spacial score (nSPS) is 14.1. The van der Waals surface area contributed by atoms with Crippen molar-refractivity contribution in [2.24, 2.45) is 0 Å². The van der Waals surface area contributed by atoms with Gasteiger partial charge in [0.05, 0.1) is 11.4 Å². The van der Waals surface area contributed by atoms with Crippen molar-refractivity contribution in [3.8, 4) is 22.6 Å². The maximum Gasteiger partial charge on any atom is 4.00 e. The van der Waals surface area contributed by atoms with E-state index in [9.17, 15) is 25.2 Å². The van der Waals surface area contributed by atoms with Crippen molar-refractivity contribution in [3.63, 3.8) is 0 Å². The van der Waals surface area contributed by atoms with E-state index in [1.54, 1.807) is 0 Å². The zero-order valence-electron chi connectivity index (χ0n) is 22.4. The summed E-state index contributed by atoms with van der Waals surface area (Å²) < 4.78 is 59.2. The van der Waals surface area contributed by atoms with Crippen LogP contribution in [0.1, 0.15) is 26.7 Å². The van der Waals surface area contributed by atoms with Gasteiger partial charge in [-0.1, -0.05) is 50.2 Å². The SMILES string of the molecule is CCCN1C=CN(CCC)[CH-]1.F[P-](F)(F)(F)(F)F.[Pt+4].[c-]1ccccc1-c1cccc(-c2cc3ccccc3cn2)n1. The summed E-state index contributed by atoms with van der Waals surface area (Å²) >= 11 is 0. The number of halogens is 6. The van der Waals surface area contributed by atoms with Crippen LogP contribution in [0.15, 0.2) is 91.4 Å². The maximum absolute atomic E-state index is 10.7. The Bertz CT molecular complexity index is 1400. The smallest absolute Gasteiger partial charge is 0.295 e. The Morgan fingerprint density at radius 1 is 0.732 bits per heavy atom. The molecule has 2 aromatic carbocycles. The van der Waals surface area contributed by atoms with E-state index in [4.69, 9.17) is 4.98 Å². The fourth-order valence-electron chi connectivity index (χ4n) is 3.72. The molecule has 41 heavy (non-hydrogen) atoms. The number of hydrogen-bond acceptors (Lipinski definition) is 4. The Morgan fingerprint density at radius 3 is 1.85 bits per heavy atom. The molecule has 0 fully saturated rings. The second kappa shape index (κ2) is 13.8. The van der Waals surface area contributed by atoms with Gasteiger partial charge < -0.3 is 9.80 Å². The Labute approximate surface area is 250 Å². The van der Waals surface area contributed by atoms with E-state index in [1.807, 2.05) is 60.8 Å². The second-order valence-corrected chi connectivity index (χ2v) is 10.9. The molecule has 0 saturated carbocycles. The van der Waals surface area contributed by atoms with Gasteiger partial charge in [0.2, 0.25) is 0 Å². The maximum atomic E-state index is 9.87. The van der Waals surface area contributed by atoms with Crippen molar-refractivity contribution in [1.82, 2.24) is 19.8 Å². The molecule has 2 aromatic heterocycles. The Balaban J connectivity index is 0.000000260. The van der Waals surface area contributed by atoms with E-state index in [-0.39, 0.29) is 21.1 Å². The first kappa shape index (κ1) is 34.2. The van der Waals surface area contributed by atoms with Gasteiger partial charge in [0, 0.05) is 11.6 Å². The molecule has 0 spiro atoms. The molecule has 0 N–H and O–H groups in total. The van der Waals surface area contributed by atoms with E-state index >= 15 is 0 Å². The molecule has 0 bridgehead atoms. The summed E-state index contributed by atoms with van der Waals surface area (Å²) in [6.07, 6.45) is 8.59. The van der Waals surface area contributed by atoms with Crippen molar-refractivity contribution >= 4 is 18.6 Å². The molecular weight excluding hydrogens is 744 g/mol. The van der Waals surface area contributed by atoms with Crippen LogP contribution >= 0.6 is 7.81 Å². The zero-order valence-corrected chi connectivity index (χ0v) is 25.6. The van der Waals surface area contributed by atoms with Gasteiger partial charge in [0.25, 0.3) is 0 Å². The minimum Gasteiger partial charge on any atom is -0.295 e. The van der Waals surface area contributed by atoms with Crippen LogP contribution in [0.5, 0.6) is 0 Å². The Kier molecular flexibility index (Phi) is 11.5. The van der Waals surface area contributed by atoms with Gasteiger partial charge in [0.1, 0.15) is 0 Å². The molecule has 4 aromatic rings. The molecule has 1 aliphatic heterocycles. The molecule has 0 atom stereocenters. The average molecular weight is 775 g/mol. The summed E-state index contributed by atoms with van der Waals surface area (Å²) in [6, 6.07) is 27.4. The van der Waals surface area contributed by atoms with Gasteiger partial charge in [-0.2, -0.15) is 6.67 Å². The first-order valence-corrected chi connectivity index (χ1v) is 14.6. The van der Waals surface area contributed by atoms with Crippen LogP contribution < -0.4 is 0 Å². The summed E-state index contributed by atoms with van der Waals surface area (Å²) in [4.78, 5) is 13.7. The summed E-state index contributed by atoms with van der Waals surface area (Å²) in [6.45, 7) is 8.84. The largest absolute Gasteiger partial charge is 4.00 e. The predicted molar refractivity (Wildman–Crippen MR) is 150 cm³/mol. The quantitative estimate of drug-likeness (QED) is 0.111. The fourth-order valence-corrected chi connectivity index (χ4v) is 3.72. The molecule has 1 aliphatic rings. The monoisotopic (exact) mass is 774 g/mol. The van der Waals surface area contributed by atoms with E-state index in [2.05, 4.69) is 72.0 Å². The third kappa shape index (κ3) is 13.5. The topological polar surface area (TPSA) is 32.3 Å². The van der Waals surface area contributed by atoms with Crippen LogP contribution in [-0.2, 0) is 21.1 Å². The van der Waals surface area contributed by atoms with Gasteiger partial charge in [-0.05, 0) is 61.5 Å². The molecule has 5 rings (SSSR count). The molecule has 222 valence electrons. The minimum atomic E-state index is -10.7. The van der Waals surface area contributed by atoms with Crippen molar-refractivity contribution in [2.45, 2.75) is 26.7 Å². The molecule has 0 unspecified atom stereocenters. The predicted octanol–water partition coefficient (Wildman–Crippen LogP) is 10.2. The van der Waals surface area contributed by atoms with Gasteiger partial charge >= 0.3 is 54.1 Å². The molecule has 3 heterocycles. The molecule has 12 heteroatoms. The third-order valence-corrected chi connectivity index (χ3v) is 5.34. The van der Waals surface area contributed by atoms with Gasteiger partial charge in [-0.25, -0.2) is 0 Å². The first-order chi connectivity index (χ1) is 18.7. The van der Waals surface area contributed by atoms with Crippen molar-refractivity contribution in [3.05, 3.63) is 104 Å². The van der Waals surface area contributed by atoms with Crippen LogP contribution in [0.2, 0.25) is 0 Å². The number of aromatic nitrogens is 2. The number of benzene rings is 2. The zero-order chi connectivity index (χ0) is 29.3. The van der Waals surface area contributed by atoms with Crippen LogP contribution in [0, 0.1) is 12.7 Å². The molecule has 0 radical (unpaired) electrons. The fraction of sp³-hybridized carbons (Fsp3) is 0.207. The van der Waals surface area contributed by atoms with E-state index in [1.165, 1.54) is 18.2 Å². The number of fused-ring (bicyclic) bond motifs is 1. The van der Waals surface area contributed by atoms with Crippen LogP contribution in [0.3, 0.4) is 0 Å². The molecule has 4 nitrogen and oxygen atoms in total. The van der Waals surface area contributed by atoms with Crippen molar-refractivity contribution < 1.29 is 46.2 Å². The minimum absolute atomic E-state index is 0. The Hall–Kier alpha value is -2.96. The first-order valence-electron chi connectivity index (χ1n) is 12.6. The van der Waals surface area contributed by atoms with Gasteiger partial charge in [-0.15, -0.1) is 35.9 Å². The molecule has 0 saturated heterocycles. The Morgan fingerprint density at radius 2 is 1.29 bits per heavy atom. The average Bonchev–Trinajstić information content (AvgIpc) is 3.35. The number of hydrogen-bond donors (Lipinski definition) is 0. The molecular formula is C29H30F6N4PPt+. The van der Waals surface area contributed by atoms with Crippen LogP contribution in [-0.4, -0.2) is 32.9 Å². The van der Waals surface area contributed by atoms with Crippen molar-refractivity contribution in [1.29, 1.82) is 0 Å². The van der Waals surface area contributed by atoms with Gasteiger partial charge in [-0.3, -0.25) is 9.97 Å². The second-order valence-electron chi connectivity index (χ2n) is 8.95. The number of rotatable bonds is 6. The number of nitrogens with zero attached hydrogens (tertiary/aromatic N) is 4. The van der Waals surface area contributed by atoms with E-state index in [0.29, 0.717) is 0 Å². The van der Waals surface area contributed by atoms with Crippen molar-refractivity contribution in [2.75, 3.05) is 13.1 Å². The van der Waals surface area contributed by atoms with E-state index < -0.39 is 7.81 Å². The molecule has 0 aliphatic carbocycles. The molecule has 0 amide bonds. The standard InChI is InChI=1S/C20H13N2.C9H17N2.F6P.Pt/c1-2-7-15(8-3-1)18-11-6-12-19(22-18)20-13-16-9-4-5-10-17(16)14-21-20;1-3-5-10-7-8-11(9-10)6-4-2;1-7(2,3,4,5)6;/h1-7,9-14H;7-9H,3-6H2,1-2H3;;/q3*-1;+4. The van der Waals surface area contributed by atoms with Gasteiger partial charge in [0.15, 0.2) is 0 Å². The van der Waals surface area contributed by atoms with Crippen LogP contribution in [0.25, 0.3) is 33.4 Å². The summed E-state index contributed by atoms with van der Waals surface area (Å²) in [7, 11) is -10.7. The summed E-state index contributed by atoms with van der Waals surface area (Å²) in [5.41, 5.74) is 3.66. The number of pyridine rings is 2. The third-order valence-electron chi connectivity index (χ3n) is 5.34.